The third-order valence-electron chi connectivity index (χ3n) is 2.74. The maximum atomic E-state index is 12.7. The molecular formula is C14H18FN3. The van der Waals surface area contributed by atoms with E-state index in [9.17, 15) is 4.39 Å². The lowest BCUT2D eigenvalue weighted by atomic mass is 10.2. The van der Waals surface area contributed by atoms with Crippen molar-refractivity contribution in [3.63, 3.8) is 0 Å². The summed E-state index contributed by atoms with van der Waals surface area (Å²) < 4.78 is 14.7. The topological polar surface area (TPSA) is 29.9 Å². The first-order chi connectivity index (χ1) is 8.65. The van der Waals surface area contributed by atoms with Crippen LogP contribution in [0.2, 0.25) is 0 Å². The van der Waals surface area contributed by atoms with Gasteiger partial charge in [-0.15, -0.1) is 0 Å². The predicted octanol–water partition coefficient (Wildman–Crippen LogP) is 2.89. The number of aromatic nitrogens is 2. The Labute approximate surface area is 107 Å². The lowest BCUT2D eigenvalue weighted by Gasteiger charge is -2.05. The molecule has 2 aromatic rings. The molecular weight excluding hydrogens is 229 g/mol. The summed E-state index contributed by atoms with van der Waals surface area (Å²) in [7, 11) is 0. The summed E-state index contributed by atoms with van der Waals surface area (Å²) in [5.41, 5.74) is 2.09. The minimum Gasteiger partial charge on any atom is -0.307 e. The van der Waals surface area contributed by atoms with Crippen molar-refractivity contribution >= 4 is 0 Å². The van der Waals surface area contributed by atoms with Gasteiger partial charge in [-0.05, 0) is 37.6 Å². The average molecular weight is 247 g/mol. The summed E-state index contributed by atoms with van der Waals surface area (Å²) in [6.07, 6.45) is 1.99. The van der Waals surface area contributed by atoms with Crippen LogP contribution in [0, 0.1) is 5.82 Å². The number of benzene rings is 1. The number of nitrogens with zero attached hydrogens (tertiary/aromatic N) is 2. The van der Waals surface area contributed by atoms with Gasteiger partial charge < -0.3 is 5.32 Å². The van der Waals surface area contributed by atoms with Gasteiger partial charge in [-0.25, -0.2) is 4.39 Å². The van der Waals surface area contributed by atoms with Gasteiger partial charge in [0.2, 0.25) is 0 Å². The molecule has 0 fully saturated rings. The number of hydrogen-bond acceptors (Lipinski definition) is 2. The minimum absolute atomic E-state index is 0.200. The van der Waals surface area contributed by atoms with E-state index in [2.05, 4.69) is 24.3 Å². The predicted molar refractivity (Wildman–Crippen MR) is 69.6 cm³/mol. The van der Waals surface area contributed by atoms with Gasteiger partial charge in [-0.1, -0.05) is 12.1 Å². The molecule has 0 aliphatic carbocycles. The highest BCUT2D eigenvalue weighted by atomic mass is 19.1. The van der Waals surface area contributed by atoms with Crippen molar-refractivity contribution < 1.29 is 4.39 Å². The van der Waals surface area contributed by atoms with Crippen LogP contribution in [0.3, 0.4) is 0 Å². The molecule has 96 valence electrons. The lowest BCUT2D eigenvalue weighted by Crippen LogP contribution is -2.13. The second-order valence-corrected chi connectivity index (χ2v) is 4.61. The first-order valence-electron chi connectivity index (χ1n) is 6.14. The van der Waals surface area contributed by atoms with Crippen molar-refractivity contribution in [3.8, 4) is 0 Å². The minimum atomic E-state index is -0.200. The van der Waals surface area contributed by atoms with Gasteiger partial charge in [0.25, 0.3) is 0 Å². The van der Waals surface area contributed by atoms with Crippen LogP contribution in [0.4, 0.5) is 4.39 Å². The maximum Gasteiger partial charge on any atom is 0.123 e. The van der Waals surface area contributed by atoms with E-state index in [0.29, 0.717) is 6.04 Å². The Hall–Kier alpha value is -1.68. The normalized spacial score (nSPS) is 11.1. The smallest absolute Gasteiger partial charge is 0.123 e. The van der Waals surface area contributed by atoms with Crippen molar-refractivity contribution in [2.75, 3.05) is 0 Å². The molecule has 0 saturated heterocycles. The van der Waals surface area contributed by atoms with E-state index >= 15 is 0 Å². The molecule has 1 aromatic heterocycles. The van der Waals surface area contributed by atoms with Crippen LogP contribution >= 0.6 is 0 Å². The van der Waals surface area contributed by atoms with E-state index < -0.39 is 0 Å². The SMILES string of the molecule is CC(C)n1ccc(CNCc2ccc(F)cc2)n1. The highest BCUT2D eigenvalue weighted by Gasteiger charge is 2.01. The summed E-state index contributed by atoms with van der Waals surface area (Å²) >= 11 is 0. The molecule has 0 unspecified atom stereocenters. The monoisotopic (exact) mass is 247 g/mol. The van der Waals surface area contributed by atoms with Crippen molar-refractivity contribution in [1.82, 2.24) is 15.1 Å². The molecule has 0 aliphatic heterocycles. The molecule has 0 atom stereocenters. The van der Waals surface area contributed by atoms with E-state index in [1.165, 1.54) is 12.1 Å². The summed E-state index contributed by atoms with van der Waals surface area (Å²) in [6, 6.07) is 8.92. The fourth-order valence-corrected chi connectivity index (χ4v) is 1.70. The average Bonchev–Trinajstić information content (AvgIpc) is 2.81. The second kappa shape index (κ2) is 5.78. The third kappa shape index (κ3) is 3.40. The van der Waals surface area contributed by atoms with E-state index in [0.717, 1.165) is 24.3 Å². The standard InChI is InChI=1S/C14H18FN3/c1-11(2)18-8-7-14(17-18)10-16-9-12-3-5-13(15)6-4-12/h3-8,11,16H,9-10H2,1-2H3. The molecule has 18 heavy (non-hydrogen) atoms. The molecule has 1 heterocycles. The zero-order valence-electron chi connectivity index (χ0n) is 10.7. The van der Waals surface area contributed by atoms with Crippen molar-refractivity contribution in [1.29, 1.82) is 0 Å². The Morgan fingerprint density at radius 3 is 2.50 bits per heavy atom. The van der Waals surface area contributed by atoms with Crippen LogP contribution in [-0.4, -0.2) is 9.78 Å². The van der Waals surface area contributed by atoms with Gasteiger partial charge in [0.05, 0.1) is 5.69 Å². The van der Waals surface area contributed by atoms with Gasteiger partial charge in [-0.2, -0.15) is 5.10 Å². The molecule has 0 amide bonds. The fourth-order valence-electron chi connectivity index (χ4n) is 1.70. The van der Waals surface area contributed by atoms with E-state index in [-0.39, 0.29) is 5.82 Å². The van der Waals surface area contributed by atoms with Gasteiger partial charge in [-0.3, -0.25) is 4.68 Å². The van der Waals surface area contributed by atoms with E-state index in [1.807, 2.05) is 16.9 Å². The first kappa shape index (κ1) is 12.8. The van der Waals surface area contributed by atoms with Crippen molar-refractivity contribution in [3.05, 3.63) is 53.6 Å². The Balaban J connectivity index is 1.82. The molecule has 0 radical (unpaired) electrons. The van der Waals surface area contributed by atoms with Crippen molar-refractivity contribution in [2.24, 2.45) is 0 Å². The summed E-state index contributed by atoms with van der Waals surface area (Å²) in [5, 5.41) is 7.74. The summed E-state index contributed by atoms with van der Waals surface area (Å²) in [4.78, 5) is 0. The van der Waals surface area contributed by atoms with E-state index in [4.69, 9.17) is 0 Å². The number of rotatable bonds is 5. The Bertz CT molecular complexity index is 488. The fraction of sp³-hybridized carbons (Fsp3) is 0.357. The molecule has 3 nitrogen and oxygen atoms in total. The number of hydrogen-bond donors (Lipinski definition) is 1. The molecule has 4 heteroatoms. The Morgan fingerprint density at radius 2 is 1.89 bits per heavy atom. The quantitative estimate of drug-likeness (QED) is 0.880. The summed E-state index contributed by atoms with van der Waals surface area (Å²) in [6.45, 7) is 5.64. The number of nitrogens with one attached hydrogen (secondary N) is 1. The molecule has 1 N–H and O–H groups in total. The Kier molecular flexibility index (Phi) is 4.10. The molecule has 1 aromatic carbocycles. The maximum absolute atomic E-state index is 12.7. The van der Waals surface area contributed by atoms with Crippen LogP contribution in [0.5, 0.6) is 0 Å². The lowest BCUT2D eigenvalue weighted by molar-refractivity contribution is 0.521. The highest BCUT2D eigenvalue weighted by Crippen LogP contribution is 2.05. The largest absolute Gasteiger partial charge is 0.307 e. The van der Waals surface area contributed by atoms with Gasteiger partial charge in [0.1, 0.15) is 5.82 Å². The van der Waals surface area contributed by atoms with Gasteiger partial charge >= 0.3 is 0 Å². The molecule has 0 aliphatic rings. The first-order valence-corrected chi connectivity index (χ1v) is 6.14. The number of halogens is 1. The molecule has 0 saturated carbocycles. The van der Waals surface area contributed by atoms with Crippen LogP contribution in [0.1, 0.15) is 31.1 Å². The van der Waals surface area contributed by atoms with Gasteiger partial charge in [0.15, 0.2) is 0 Å². The van der Waals surface area contributed by atoms with E-state index in [1.54, 1.807) is 12.1 Å². The molecule has 2 rings (SSSR count). The van der Waals surface area contributed by atoms with Crippen LogP contribution < -0.4 is 5.32 Å². The Morgan fingerprint density at radius 1 is 1.17 bits per heavy atom. The third-order valence-corrected chi connectivity index (χ3v) is 2.74. The zero-order chi connectivity index (χ0) is 13.0. The molecule has 0 bridgehead atoms. The zero-order valence-corrected chi connectivity index (χ0v) is 10.7. The van der Waals surface area contributed by atoms with Crippen LogP contribution in [-0.2, 0) is 13.1 Å². The highest BCUT2D eigenvalue weighted by molar-refractivity contribution is 5.15. The second-order valence-electron chi connectivity index (χ2n) is 4.61. The summed E-state index contributed by atoms with van der Waals surface area (Å²) in [5.74, 6) is -0.200. The molecule has 0 spiro atoms. The van der Waals surface area contributed by atoms with Crippen LogP contribution in [0.25, 0.3) is 0 Å². The van der Waals surface area contributed by atoms with Crippen LogP contribution in [0.15, 0.2) is 36.5 Å². The van der Waals surface area contributed by atoms with Crippen molar-refractivity contribution in [2.45, 2.75) is 33.0 Å². The van der Waals surface area contributed by atoms with Gasteiger partial charge in [0, 0.05) is 25.3 Å².